The molecule has 1 heteroatoms. The maximum Gasteiger partial charge on any atom is 0.0716 e. The molecule has 0 atom stereocenters. The number of hydrogen-bond acceptors (Lipinski definition) is 1. The van der Waals surface area contributed by atoms with E-state index in [9.17, 15) is 0 Å². The highest BCUT2D eigenvalue weighted by molar-refractivity contribution is 5.92. The first-order valence-corrected chi connectivity index (χ1v) is 20.5. The van der Waals surface area contributed by atoms with E-state index in [2.05, 4.69) is 249 Å². The smallest absolute Gasteiger partial charge is 0.0716 e. The van der Waals surface area contributed by atoms with Crippen LogP contribution in [0.2, 0.25) is 0 Å². The van der Waals surface area contributed by atoms with Crippen molar-refractivity contribution in [2.75, 3.05) is 0 Å². The summed E-state index contributed by atoms with van der Waals surface area (Å²) >= 11 is 0. The van der Waals surface area contributed by atoms with E-state index in [1.165, 1.54) is 44.5 Å². The van der Waals surface area contributed by atoms with Crippen molar-refractivity contribution in [3.05, 3.63) is 249 Å². The number of hydrogen-bond donors (Lipinski definition) is 0. The molecule has 10 rings (SSSR count). The predicted molar refractivity (Wildman–Crippen MR) is 253 cm³/mol. The van der Waals surface area contributed by atoms with Gasteiger partial charge in [-0.25, -0.2) is 4.98 Å². The first-order valence-electron chi connectivity index (χ1n) is 20.5. The van der Waals surface area contributed by atoms with Gasteiger partial charge in [0.1, 0.15) is 0 Å². The lowest BCUT2D eigenvalue weighted by Gasteiger charge is -2.17. The normalized spacial score (nSPS) is 11.0. The highest BCUT2D eigenvalue weighted by Crippen LogP contribution is 2.41. The molecule has 0 N–H and O–H groups in total. The Morgan fingerprint density at radius 3 is 0.867 bits per heavy atom. The number of nitrogens with zero attached hydrogens (tertiary/aromatic N) is 1. The van der Waals surface area contributed by atoms with Crippen LogP contribution >= 0.6 is 0 Å². The molecule has 0 amide bonds. The second-order valence-corrected chi connectivity index (χ2v) is 15.1. The molecule has 0 bridgehead atoms. The fraction of sp³-hybridized carbons (Fsp3) is 0. The zero-order valence-corrected chi connectivity index (χ0v) is 33.1. The molecule has 10 aromatic rings. The number of rotatable bonds is 9. The van der Waals surface area contributed by atoms with E-state index in [0.29, 0.717) is 0 Å². The SMILES string of the molecule is c1ccc(-c2cc(-c3ccccc3)nc(-c3cc(-c4ccc(-c5ccccc5)c(-c5ccccc5)c4)cc(-c4ccc(-c5ccccc5)c(-c5ccccc5)c4)c3)c2)cc1. The van der Waals surface area contributed by atoms with Crippen molar-refractivity contribution in [1.29, 1.82) is 0 Å². The van der Waals surface area contributed by atoms with Crippen molar-refractivity contribution in [1.82, 2.24) is 4.98 Å². The van der Waals surface area contributed by atoms with Crippen LogP contribution in [0.25, 0.3) is 100 Å². The largest absolute Gasteiger partial charge is 0.248 e. The highest BCUT2D eigenvalue weighted by Gasteiger charge is 2.16. The molecule has 0 aliphatic heterocycles. The molecule has 0 fully saturated rings. The topological polar surface area (TPSA) is 12.9 Å². The summed E-state index contributed by atoms with van der Waals surface area (Å²) in [5, 5.41) is 0. The fourth-order valence-electron chi connectivity index (χ4n) is 8.24. The summed E-state index contributed by atoms with van der Waals surface area (Å²) < 4.78 is 0. The Morgan fingerprint density at radius 2 is 0.467 bits per heavy atom. The van der Waals surface area contributed by atoms with Crippen LogP contribution < -0.4 is 0 Å². The third-order valence-electron chi connectivity index (χ3n) is 11.3. The van der Waals surface area contributed by atoms with Gasteiger partial charge in [-0.15, -0.1) is 0 Å². The van der Waals surface area contributed by atoms with Gasteiger partial charge in [-0.3, -0.25) is 0 Å². The zero-order chi connectivity index (χ0) is 40.1. The van der Waals surface area contributed by atoms with Crippen molar-refractivity contribution >= 4 is 0 Å². The monoisotopic (exact) mass is 763 g/mol. The van der Waals surface area contributed by atoms with E-state index in [1.54, 1.807) is 0 Å². The predicted octanol–water partition coefficient (Wildman–Crippen LogP) is 16.1. The first kappa shape index (κ1) is 36.5. The summed E-state index contributed by atoms with van der Waals surface area (Å²) in [6, 6.07) is 89.2. The first-order chi connectivity index (χ1) is 29.7. The molecule has 0 saturated heterocycles. The molecule has 282 valence electrons. The van der Waals surface area contributed by atoms with Crippen molar-refractivity contribution in [3.8, 4) is 100 Å². The minimum atomic E-state index is 0.923. The van der Waals surface area contributed by atoms with Crippen molar-refractivity contribution < 1.29 is 0 Å². The van der Waals surface area contributed by atoms with Crippen LogP contribution in [0.15, 0.2) is 249 Å². The van der Waals surface area contributed by atoms with Crippen molar-refractivity contribution in [2.24, 2.45) is 0 Å². The van der Waals surface area contributed by atoms with Gasteiger partial charge in [0, 0.05) is 11.1 Å². The number of aromatic nitrogens is 1. The molecule has 1 heterocycles. The average Bonchev–Trinajstić information content (AvgIpc) is 3.35. The molecule has 0 spiro atoms. The van der Waals surface area contributed by atoms with Gasteiger partial charge >= 0.3 is 0 Å². The summed E-state index contributed by atoms with van der Waals surface area (Å²) in [5.74, 6) is 0. The molecule has 0 aliphatic carbocycles. The third-order valence-corrected chi connectivity index (χ3v) is 11.3. The summed E-state index contributed by atoms with van der Waals surface area (Å²) in [5.41, 5.74) is 20.4. The molecule has 0 radical (unpaired) electrons. The minimum Gasteiger partial charge on any atom is -0.248 e. The Balaban J connectivity index is 1.21. The number of benzene rings is 9. The molecule has 60 heavy (non-hydrogen) atoms. The van der Waals surface area contributed by atoms with E-state index in [1.807, 2.05) is 0 Å². The average molecular weight is 764 g/mol. The Bertz CT molecular complexity index is 2830. The second-order valence-electron chi connectivity index (χ2n) is 15.1. The van der Waals surface area contributed by atoms with Crippen LogP contribution in [0.5, 0.6) is 0 Å². The van der Waals surface area contributed by atoms with Crippen LogP contribution in [0.3, 0.4) is 0 Å². The minimum absolute atomic E-state index is 0.923. The third kappa shape index (κ3) is 7.61. The zero-order valence-electron chi connectivity index (χ0n) is 33.1. The Labute approximate surface area is 352 Å². The van der Waals surface area contributed by atoms with E-state index < -0.39 is 0 Å². The molecule has 0 saturated carbocycles. The van der Waals surface area contributed by atoms with E-state index in [-0.39, 0.29) is 0 Å². The van der Waals surface area contributed by atoms with Crippen molar-refractivity contribution in [3.63, 3.8) is 0 Å². The maximum absolute atomic E-state index is 5.41. The van der Waals surface area contributed by atoms with Gasteiger partial charge in [-0.1, -0.05) is 206 Å². The molecular formula is C59H41N. The quantitative estimate of drug-likeness (QED) is 0.143. The lowest BCUT2D eigenvalue weighted by molar-refractivity contribution is 1.32. The summed E-state index contributed by atoms with van der Waals surface area (Å²) in [6.45, 7) is 0. The van der Waals surface area contributed by atoms with Gasteiger partial charge in [-0.05, 0) is 120 Å². The molecule has 1 nitrogen and oxygen atoms in total. The Kier molecular flexibility index (Phi) is 10.1. The highest BCUT2D eigenvalue weighted by atomic mass is 14.7. The Hall–Kier alpha value is -7.87. The molecule has 9 aromatic carbocycles. The van der Waals surface area contributed by atoms with Crippen LogP contribution in [-0.4, -0.2) is 4.98 Å². The summed E-state index contributed by atoms with van der Waals surface area (Å²) in [6.07, 6.45) is 0. The second kappa shape index (κ2) is 16.5. The maximum atomic E-state index is 5.41. The molecule has 0 unspecified atom stereocenters. The number of pyridine rings is 1. The standard InChI is InChI=1S/C59H41N/c1-7-19-42(20-8-1)52-40-58(47-29-17-6-18-30-47)60-59(41-52)53-36-50(48-31-33-54(43-21-9-2-10-22-43)56(38-48)45-25-13-4-14-26-45)35-51(37-53)49-32-34-55(44-23-11-3-12-24-44)57(39-49)46-27-15-5-16-28-46/h1-41H. The Morgan fingerprint density at radius 1 is 0.167 bits per heavy atom. The molecule has 0 aliphatic rings. The summed E-state index contributed by atoms with van der Waals surface area (Å²) in [4.78, 5) is 5.41. The lowest BCUT2D eigenvalue weighted by Crippen LogP contribution is -1.94. The van der Waals surface area contributed by atoms with E-state index in [4.69, 9.17) is 4.98 Å². The van der Waals surface area contributed by atoms with Crippen LogP contribution in [0, 0.1) is 0 Å². The van der Waals surface area contributed by atoms with E-state index in [0.717, 1.165) is 55.9 Å². The van der Waals surface area contributed by atoms with Gasteiger partial charge in [0.05, 0.1) is 11.4 Å². The lowest BCUT2D eigenvalue weighted by atomic mass is 9.87. The fourth-order valence-corrected chi connectivity index (χ4v) is 8.24. The van der Waals surface area contributed by atoms with Crippen LogP contribution in [-0.2, 0) is 0 Å². The summed E-state index contributed by atoms with van der Waals surface area (Å²) in [7, 11) is 0. The van der Waals surface area contributed by atoms with Crippen LogP contribution in [0.1, 0.15) is 0 Å². The van der Waals surface area contributed by atoms with E-state index >= 15 is 0 Å². The van der Waals surface area contributed by atoms with Gasteiger partial charge in [0.15, 0.2) is 0 Å². The van der Waals surface area contributed by atoms with Gasteiger partial charge in [-0.2, -0.15) is 0 Å². The van der Waals surface area contributed by atoms with Gasteiger partial charge < -0.3 is 0 Å². The van der Waals surface area contributed by atoms with Gasteiger partial charge in [0.2, 0.25) is 0 Å². The molecule has 1 aromatic heterocycles. The van der Waals surface area contributed by atoms with Crippen molar-refractivity contribution in [2.45, 2.75) is 0 Å². The van der Waals surface area contributed by atoms with Gasteiger partial charge in [0.25, 0.3) is 0 Å². The molecular weight excluding hydrogens is 723 g/mol. The van der Waals surface area contributed by atoms with Crippen LogP contribution in [0.4, 0.5) is 0 Å².